The van der Waals surface area contributed by atoms with E-state index in [1.807, 2.05) is 48.5 Å². The molecule has 16 heavy (non-hydrogen) atoms. The molecule has 1 unspecified atom stereocenters. The van der Waals surface area contributed by atoms with E-state index in [0.717, 1.165) is 15.9 Å². The van der Waals surface area contributed by atoms with E-state index in [0.29, 0.717) is 5.58 Å². The molecule has 1 atom stereocenters. The van der Waals surface area contributed by atoms with Gasteiger partial charge in [-0.2, -0.15) is 0 Å². The van der Waals surface area contributed by atoms with Gasteiger partial charge in [0.1, 0.15) is 0 Å². The summed E-state index contributed by atoms with van der Waals surface area (Å²) < 4.78 is 17.1. The molecule has 0 radical (unpaired) electrons. The summed E-state index contributed by atoms with van der Waals surface area (Å²) in [5.74, 6) is 0. The molecular formula is C13H12O2P+. The number of para-hydroxylation sites is 1. The second kappa shape index (κ2) is 4.07. The summed E-state index contributed by atoms with van der Waals surface area (Å²) in [6.45, 7) is 0. The van der Waals surface area contributed by atoms with Crippen molar-refractivity contribution in [2.45, 2.75) is 7.43 Å². The van der Waals surface area contributed by atoms with Gasteiger partial charge in [-0.1, -0.05) is 37.8 Å². The fourth-order valence-electron chi connectivity index (χ4n) is 1.77. The van der Waals surface area contributed by atoms with Crippen molar-refractivity contribution in [1.29, 1.82) is 0 Å². The van der Waals surface area contributed by atoms with Gasteiger partial charge in [-0.25, -0.2) is 4.20 Å². The highest BCUT2D eigenvalue weighted by molar-refractivity contribution is 7.37. The predicted molar refractivity (Wildman–Crippen MR) is 68.1 cm³/mol. The Balaban J connectivity index is 0.000000963. The molecule has 0 amide bonds. The van der Waals surface area contributed by atoms with Crippen LogP contribution in [0.5, 0.6) is 0 Å². The molecule has 1 heterocycles. The highest BCUT2D eigenvalue weighted by atomic mass is 31.1. The molecule has 1 aromatic heterocycles. The monoisotopic (exact) mass is 231 g/mol. The Labute approximate surface area is 94.3 Å². The second-order valence-corrected chi connectivity index (χ2v) is 4.54. The smallest absolute Gasteiger partial charge is 0.250 e. The SMILES string of the molecule is C.O=[p+]1oc2ccccc2c2ccccc21. The predicted octanol–water partition coefficient (Wildman–Crippen LogP) is 4.96. The molecule has 0 bridgehead atoms. The third kappa shape index (κ3) is 1.52. The second-order valence-electron chi connectivity index (χ2n) is 3.36. The zero-order chi connectivity index (χ0) is 10.3. The van der Waals surface area contributed by atoms with E-state index in [9.17, 15) is 4.57 Å². The Hall–Kier alpha value is -1.66. The maximum atomic E-state index is 11.8. The first-order chi connectivity index (χ1) is 7.36. The van der Waals surface area contributed by atoms with Gasteiger partial charge in [0.15, 0.2) is 5.58 Å². The third-order valence-corrected chi connectivity index (χ3v) is 3.61. The summed E-state index contributed by atoms with van der Waals surface area (Å²) in [6, 6.07) is 15.3. The zero-order valence-corrected chi connectivity index (χ0v) is 8.78. The van der Waals surface area contributed by atoms with Crippen molar-refractivity contribution in [3.8, 4) is 0 Å². The van der Waals surface area contributed by atoms with Crippen molar-refractivity contribution in [3.63, 3.8) is 0 Å². The van der Waals surface area contributed by atoms with E-state index in [1.165, 1.54) is 0 Å². The fourth-order valence-corrected chi connectivity index (χ4v) is 2.80. The van der Waals surface area contributed by atoms with Gasteiger partial charge in [-0.05, 0) is 22.8 Å². The van der Waals surface area contributed by atoms with Crippen LogP contribution >= 0.6 is 7.65 Å². The first kappa shape index (κ1) is 10.8. The van der Waals surface area contributed by atoms with Crippen molar-refractivity contribution in [2.24, 2.45) is 0 Å². The summed E-state index contributed by atoms with van der Waals surface area (Å²) in [5, 5.41) is 2.81. The molecule has 0 spiro atoms. The Bertz CT molecular complexity index is 701. The van der Waals surface area contributed by atoms with Crippen molar-refractivity contribution in [3.05, 3.63) is 48.5 Å². The van der Waals surface area contributed by atoms with Gasteiger partial charge in [0.05, 0.1) is 0 Å². The summed E-state index contributed by atoms with van der Waals surface area (Å²) in [7, 11) is -1.74. The highest BCUT2D eigenvalue weighted by Gasteiger charge is 2.14. The molecule has 0 saturated heterocycles. The maximum absolute atomic E-state index is 11.8. The molecule has 0 aliphatic carbocycles. The molecule has 3 heteroatoms. The van der Waals surface area contributed by atoms with Crippen LogP contribution in [-0.2, 0) is 4.57 Å². The molecule has 3 aromatic rings. The lowest BCUT2D eigenvalue weighted by Crippen LogP contribution is -1.73. The number of fused-ring (bicyclic) bond motifs is 3. The van der Waals surface area contributed by atoms with Crippen LogP contribution in [0.1, 0.15) is 7.43 Å². The van der Waals surface area contributed by atoms with Crippen LogP contribution in [-0.4, -0.2) is 0 Å². The standard InChI is InChI=1S/C12H8O2P.CH4/c13-15-12-8-4-2-6-10(12)9-5-1-3-7-11(9)14-15;/h1-8H;1H4/q+1;. The van der Waals surface area contributed by atoms with E-state index in [1.54, 1.807) is 0 Å². The van der Waals surface area contributed by atoms with E-state index >= 15 is 0 Å². The molecular weight excluding hydrogens is 219 g/mol. The summed E-state index contributed by atoms with van der Waals surface area (Å²) in [6.07, 6.45) is 0. The van der Waals surface area contributed by atoms with Gasteiger partial charge in [-0.3, -0.25) is 0 Å². The number of rotatable bonds is 0. The van der Waals surface area contributed by atoms with E-state index in [2.05, 4.69) is 0 Å². The summed E-state index contributed by atoms with van der Waals surface area (Å²) in [5.41, 5.74) is 0.706. The van der Waals surface area contributed by atoms with Crippen molar-refractivity contribution in [1.82, 2.24) is 0 Å². The average Bonchev–Trinajstić information content (AvgIpc) is 2.30. The minimum Gasteiger partial charge on any atom is -0.250 e. The maximum Gasteiger partial charge on any atom is 0.597 e. The van der Waals surface area contributed by atoms with Crippen LogP contribution in [0.25, 0.3) is 21.5 Å². The van der Waals surface area contributed by atoms with Crippen LogP contribution in [0.15, 0.2) is 52.7 Å². The Kier molecular flexibility index (Phi) is 2.76. The number of hydrogen-bond donors (Lipinski definition) is 0. The molecule has 0 fully saturated rings. The van der Waals surface area contributed by atoms with Crippen molar-refractivity contribution >= 4 is 29.1 Å². The average molecular weight is 231 g/mol. The van der Waals surface area contributed by atoms with Gasteiger partial charge in [0.25, 0.3) is 0 Å². The summed E-state index contributed by atoms with van der Waals surface area (Å²) >= 11 is 0. The molecule has 0 N–H and O–H groups in total. The first-order valence-electron chi connectivity index (χ1n) is 4.70. The van der Waals surface area contributed by atoms with E-state index in [4.69, 9.17) is 4.20 Å². The van der Waals surface area contributed by atoms with Crippen molar-refractivity contribution in [2.75, 3.05) is 0 Å². The normalized spacial score (nSPS) is 11.4. The van der Waals surface area contributed by atoms with Gasteiger partial charge >= 0.3 is 7.65 Å². The lowest BCUT2D eigenvalue weighted by atomic mass is 10.1. The van der Waals surface area contributed by atoms with Crippen LogP contribution in [0.3, 0.4) is 0 Å². The minimum atomic E-state index is -1.74. The Morgan fingerprint density at radius 3 is 2.31 bits per heavy atom. The number of hydrogen-bond acceptors (Lipinski definition) is 2. The van der Waals surface area contributed by atoms with Crippen molar-refractivity contribution < 1.29 is 8.76 Å². The molecule has 3 rings (SSSR count). The number of benzene rings is 2. The molecule has 2 nitrogen and oxygen atoms in total. The fraction of sp³-hybridized carbons (Fsp3) is 0.0769. The van der Waals surface area contributed by atoms with Gasteiger partial charge in [0.2, 0.25) is 5.12 Å². The zero-order valence-electron chi connectivity index (χ0n) is 7.88. The van der Waals surface area contributed by atoms with Gasteiger partial charge < -0.3 is 0 Å². The van der Waals surface area contributed by atoms with Gasteiger partial charge in [0, 0.05) is 10.8 Å². The third-order valence-electron chi connectivity index (χ3n) is 2.46. The van der Waals surface area contributed by atoms with Crippen LogP contribution in [0.4, 0.5) is 0 Å². The topological polar surface area (TPSA) is 30.2 Å². The van der Waals surface area contributed by atoms with Crippen LogP contribution in [0, 0.1) is 0 Å². The summed E-state index contributed by atoms with van der Waals surface area (Å²) in [4.78, 5) is 0. The Morgan fingerprint density at radius 2 is 1.50 bits per heavy atom. The van der Waals surface area contributed by atoms with E-state index in [-0.39, 0.29) is 7.43 Å². The largest absolute Gasteiger partial charge is 0.597 e. The molecule has 80 valence electrons. The lowest BCUT2D eigenvalue weighted by molar-refractivity contribution is 0.563. The van der Waals surface area contributed by atoms with Gasteiger partial charge in [-0.15, -0.1) is 0 Å². The Morgan fingerprint density at radius 1 is 0.875 bits per heavy atom. The van der Waals surface area contributed by atoms with Crippen LogP contribution < -0.4 is 0 Å². The quantitative estimate of drug-likeness (QED) is 0.511. The highest BCUT2D eigenvalue weighted by Crippen LogP contribution is 2.34. The first-order valence-corrected chi connectivity index (χ1v) is 5.88. The van der Waals surface area contributed by atoms with E-state index < -0.39 is 7.65 Å². The molecule has 0 aliphatic rings. The molecule has 2 aromatic carbocycles. The molecule has 0 aliphatic heterocycles. The van der Waals surface area contributed by atoms with Crippen LogP contribution in [0.2, 0.25) is 0 Å². The lowest BCUT2D eigenvalue weighted by Gasteiger charge is -1.94. The minimum absolute atomic E-state index is 0. The molecule has 0 saturated carbocycles.